The topological polar surface area (TPSA) is 98.2 Å². The van der Waals surface area contributed by atoms with Crippen LogP contribution in [-0.4, -0.2) is 69.7 Å². The van der Waals surface area contributed by atoms with Crippen molar-refractivity contribution in [1.82, 2.24) is 29.9 Å². The Bertz CT molecular complexity index is 1380. The molecule has 0 unspecified atom stereocenters. The zero-order valence-corrected chi connectivity index (χ0v) is 20.4. The van der Waals surface area contributed by atoms with Gasteiger partial charge in [0.2, 0.25) is 6.41 Å². The van der Waals surface area contributed by atoms with Gasteiger partial charge >= 0.3 is 0 Å². The van der Waals surface area contributed by atoms with Crippen LogP contribution in [0, 0.1) is 0 Å². The Morgan fingerprint density at radius 2 is 2.00 bits per heavy atom. The predicted molar refractivity (Wildman–Crippen MR) is 136 cm³/mol. The van der Waals surface area contributed by atoms with Gasteiger partial charge in [-0.15, -0.1) is 0 Å². The highest BCUT2D eigenvalue weighted by molar-refractivity contribution is 5.92. The second kappa shape index (κ2) is 9.73. The van der Waals surface area contributed by atoms with Crippen molar-refractivity contribution < 1.29 is 14.3 Å². The predicted octanol–water partition coefficient (Wildman–Crippen LogP) is 3.80. The third-order valence-corrected chi connectivity index (χ3v) is 7.24. The SMILES string of the molecule is C1CCOC1.COc1cc2[nH]nc(-c3cnn(C4CN(C=O)C4)c3)c2nc1-c1cccc2c1CCC2. The summed E-state index contributed by atoms with van der Waals surface area (Å²) in [6.07, 6.45) is 10.6. The summed E-state index contributed by atoms with van der Waals surface area (Å²) in [5.41, 5.74) is 8.06. The minimum atomic E-state index is 0.208. The van der Waals surface area contributed by atoms with Crippen LogP contribution < -0.4 is 4.74 Å². The van der Waals surface area contributed by atoms with E-state index in [1.807, 2.05) is 23.1 Å². The maximum Gasteiger partial charge on any atom is 0.209 e. The molecule has 0 saturated carbocycles. The number of pyridine rings is 1. The highest BCUT2D eigenvalue weighted by Gasteiger charge is 2.28. The van der Waals surface area contributed by atoms with Gasteiger partial charge in [-0.2, -0.15) is 10.2 Å². The summed E-state index contributed by atoms with van der Waals surface area (Å²) in [5.74, 6) is 0.738. The van der Waals surface area contributed by atoms with Crippen LogP contribution in [0.25, 0.3) is 33.5 Å². The van der Waals surface area contributed by atoms with Crippen molar-refractivity contribution in [3.63, 3.8) is 0 Å². The first-order valence-electron chi connectivity index (χ1n) is 12.6. The van der Waals surface area contributed by atoms with Crippen molar-refractivity contribution in [2.24, 2.45) is 0 Å². The van der Waals surface area contributed by atoms with Crippen LogP contribution in [0.5, 0.6) is 5.75 Å². The Kier molecular flexibility index (Phi) is 6.14. The number of amides is 1. The molecule has 0 radical (unpaired) electrons. The highest BCUT2D eigenvalue weighted by Crippen LogP contribution is 2.38. The summed E-state index contributed by atoms with van der Waals surface area (Å²) < 4.78 is 12.6. The molecule has 0 atom stereocenters. The molecule has 0 spiro atoms. The zero-order chi connectivity index (χ0) is 24.5. The van der Waals surface area contributed by atoms with Crippen LogP contribution in [-0.2, 0) is 22.4 Å². The number of methoxy groups -OCH3 is 1. The summed E-state index contributed by atoms with van der Waals surface area (Å²) in [5, 5.41) is 12.1. The number of aryl methyl sites for hydroxylation is 1. The van der Waals surface area contributed by atoms with Crippen LogP contribution in [0.3, 0.4) is 0 Å². The van der Waals surface area contributed by atoms with Crippen LogP contribution in [0.4, 0.5) is 0 Å². The monoisotopic (exact) mass is 486 g/mol. The Morgan fingerprint density at radius 3 is 2.75 bits per heavy atom. The number of nitrogens with zero attached hydrogens (tertiary/aromatic N) is 5. The lowest BCUT2D eigenvalue weighted by Gasteiger charge is -2.36. The number of H-pyrrole nitrogens is 1. The lowest BCUT2D eigenvalue weighted by atomic mass is 9.99. The van der Waals surface area contributed by atoms with Gasteiger partial charge in [-0.05, 0) is 43.2 Å². The van der Waals surface area contributed by atoms with Crippen molar-refractivity contribution in [3.8, 4) is 28.3 Å². The molecule has 1 N–H and O–H groups in total. The minimum Gasteiger partial charge on any atom is -0.494 e. The molecule has 9 heteroatoms. The van der Waals surface area contributed by atoms with Gasteiger partial charge < -0.3 is 14.4 Å². The molecular weight excluding hydrogens is 456 g/mol. The second-order valence-electron chi connectivity index (χ2n) is 9.55. The number of nitrogens with one attached hydrogen (secondary N) is 1. The molecule has 1 aromatic carbocycles. The summed E-state index contributed by atoms with van der Waals surface area (Å²) >= 11 is 0. The number of carbonyl (C=O) groups excluding carboxylic acids is 1. The molecular formula is C27H30N6O3. The maximum atomic E-state index is 10.8. The van der Waals surface area contributed by atoms with Gasteiger partial charge in [-0.1, -0.05) is 18.2 Å². The van der Waals surface area contributed by atoms with Gasteiger partial charge in [0.1, 0.15) is 22.7 Å². The number of aromatic amines is 1. The minimum absolute atomic E-state index is 0.208. The van der Waals surface area contributed by atoms with E-state index in [1.54, 1.807) is 12.0 Å². The number of fused-ring (bicyclic) bond motifs is 2. The number of hydrogen-bond acceptors (Lipinski definition) is 6. The normalized spacial score (nSPS) is 17.0. The van der Waals surface area contributed by atoms with E-state index >= 15 is 0 Å². The van der Waals surface area contributed by atoms with Crippen LogP contribution >= 0.6 is 0 Å². The molecule has 5 heterocycles. The number of carbonyl (C=O) groups is 1. The third kappa shape index (κ3) is 4.13. The molecule has 2 aliphatic heterocycles. The van der Waals surface area contributed by atoms with Crippen molar-refractivity contribution in [1.29, 1.82) is 0 Å². The van der Waals surface area contributed by atoms with Crippen molar-refractivity contribution in [2.45, 2.75) is 38.1 Å². The Morgan fingerprint density at radius 1 is 1.14 bits per heavy atom. The fourth-order valence-electron chi connectivity index (χ4n) is 5.23. The van der Waals surface area contributed by atoms with Crippen molar-refractivity contribution in [3.05, 3.63) is 47.8 Å². The fourth-order valence-corrected chi connectivity index (χ4v) is 5.23. The number of likely N-dealkylation sites (tertiary alicyclic amines) is 1. The van der Waals surface area contributed by atoms with Crippen LogP contribution in [0.1, 0.15) is 36.4 Å². The second-order valence-corrected chi connectivity index (χ2v) is 9.55. The van der Waals surface area contributed by atoms with Gasteiger partial charge in [0.05, 0.1) is 24.9 Å². The smallest absolute Gasteiger partial charge is 0.209 e. The number of rotatable bonds is 5. The van der Waals surface area contributed by atoms with E-state index in [-0.39, 0.29) is 6.04 Å². The lowest BCUT2D eigenvalue weighted by Crippen LogP contribution is -2.46. The quantitative estimate of drug-likeness (QED) is 0.431. The van der Waals surface area contributed by atoms with E-state index in [4.69, 9.17) is 14.5 Å². The summed E-state index contributed by atoms with van der Waals surface area (Å²) in [6.45, 7) is 3.37. The first-order valence-corrected chi connectivity index (χ1v) is 12.6. The molecule has 186 valence electrons. The van der Waals surface area contributed by atoms with E-state index in [1.165, 1.54) is 30.4 Å². The molecule has 2 fully saturated rings. The lowest BCUT2D eigenvalue weighted by molar-refractivity contribution is -0.123. The number of hydrogen-bond donors (Lipinski definition) is 1. The van der Waals surface area contributed by atoms with Gasteiger partial charge in [-0.25, -0.2) is 4.98 Å². The van der Waals surface area contributed by atoms with Crippen LogP contribution in [0.15, 0.2) is 36.7 Å². The molecule has 2 saturated heterocycles. The van der Waals surface area contributed by atoms with E-state index in [0.29, 0.717) is 13.1 Å². The molecule has 36 heavy (non-hydrogen) atoms. The summed E-state index contributed by atoms with van der Waals surface area (Å²) in [7, 11) is 1.68. The van der Waals surface area contributed by atoms with Gasteiger partial charge in [0, 0.05) is 49.7 Å². The molecule has 7 rings (SSSR count). The summed E-state index contributed by atoms with van der Waals surface area (Å²) in [4.78, 5) is 17.6. The largest absolute Gasteiger partial charge is 0.494 e. The van der Waals surface area contributed by atoms with E-state index < -0.39 is 0 Å². The number of benzene rings is 1. The van der Waals surface area contributed by atoms with Gasteiger partial charge in [-0.3, -0.25) is 14.6 Å². The molecule has 3 aliphatic rings. The third-order valence-electron chi connectivity index (χ3n) is 7.24. The van der Waals surface area contributed by atoms with E-state index in [2.05, 4.69) is 33.5 Å². The van der Waals surface area contributed by atoms with Crippen molar-refractivity contribution in [2.75, 3.05) is 33.4 Å². The first-order chi connectivity index (χ1) is 17.7. The number of ether oxygens (including phenoxy) is 2. The highest BCUT2D eigenvalue weighted by atomic mass is 16.5. The van der Waals surface area contributed by atoms with Crippen molar-refractivity contribution >= 4 is 17.4 Å². The molecule has 1 amide bonds. The first kappa shape index (κ1) is 22.7. The van der Waals surface area contributed by atoms with Gasteiger partial charge in [0.15, 0.2) is 0 Å². The molecule has 9 nitrogen and oxygen atoms in total. The summed E-state index contributed by atoms with van der Waals surface area (Å²) in [6, 6.07) is 8.63. The maximum absolute atomic E-state index is 10.8. The fraction of sp³-hybridized carbons (Fsp3) is 0.407. The molecule has 1 aliphatic carbocycles. The molecule has 3 aromatic heterocycles. The van der Waals surface area contributed by atoms with E-state index in [0.717, 1.165) is 71.8 Å². The molecule has 0 bridgehead atoms. The Hall–Kier alpha value is -3.72. The molecule has 4 aromatic rings. The van der Waals surface area contributed by atoms with Gasteiger partial charge in [0.25, 0.3) is 0 Å². The zero-order valence-electron chi connectivity index (χ0n) is 20.4. The Balaban J connectivity index is 0.000000431. The standard InChI is InChI=1S/C23H22N6O2.C4H8O/c1-31-20-8-19-23(25-22(20)18-7-3-5-14-4-2-6-17(14)18)21(27-26-19)15-9-24-29(10-15)16-11-28(12-16)13-30;1-2-4-5-3-1/h3,5,7-10,13,16H,2,4,6,11-12H2,1H3,(H,26,27);1-4H2. The van der Waals surface area contributed by atoms with Crippen LogP contribution in [0.2, 0.25) is 0 Å². The number of aromatic nitrogens is 5. The Labute approximate surface area is 209 Å². The average molecular weight is 487 g/mol. The van der Waals surface area contributed by atoms with E-state index in [9.17, 15) is 4.79 Å². The average Bonchev–Trinajstić information content (AvgIpc) is 3.68.